The summed E-state index contributed by atoms with van der Waals surface area (Å²) in [5.41, 5.74) is 5.13. The average Bonchev–Trinajstić information content (AvgIpc) is 3.44. The Morgan fingerprint density at radius 1 is 0.744 bits per heavy atom. The Balaban J connectivity index is 0.000000290. The van der Waals surface area contributed by atoms with Gasteiger partial charge in [0, 0.05) is 29.6 Å². The summed E-state index contributed by atoms with van der Waals surface area (Å²) < 4.78 is 12.1. The number of methoxy groups -OCH3 is 2. The Morgan fingerprint density at radius 3 is 1.95 bits per heavy atom. The lowest BCUT2D eigenvalue weighted by molar-refractivity contribution is 0.392. The topological polar surface area (TPSA) is 49.2 Å². The molecule has 0 spiro atoms. The van der Waals surface area contributed by atoms with Crippen LogP contribution in [-0.4, -0.2) is 29.0 Å². The van der Waals surface area contributed by atoms with Crippen molar-refractivity contribution in [1.29, 1.82) is 0 Å². The fourth-order valence-corrected chi connectivity index (χ4v) is 3.48. The normalized spacial score (nSPS) is 10.8. The highest BCUT2D eigenvalue weighted by Crippen LogP contribution is 2.25. The van der Waals surface area contributed by atoms with E-state index < -0.39 is 0 Å². The van der Waals surface area contributed by atoms with Gasteiger partial charge in [-0.25, -0.2) is 9.67 Å². The predicted octanol–water partition coefficient (Wildman–Crippen LogP) is 9.01. The van der Waals surface area contributed by atoms with Crippen molar-refractivity contribution in [3.8, 4) is 17.3 Å². The van der Waals surface area contributed by atoms with Crippen LogP contribution in [0.2, 0.25) is 0 Å². The molecule has 0 saturated carbocycles. The van der Waals surface area contributed by atoms with E-state index in [1.165, 1.54) is 11.1 Å². The second kappa shape index (κ2) is 15.1. The van der Waals surface area contributed by atoms with Crippen molar-refractivity contribution in [3.05, 3.63) is 102 Å². The Morgan fingerprint density at radius 2 is 1.41 bits per heavy atom. The molecule has 0 fully saturated rings. The van der Waals surface area contributed by atoms with Crippen LogP contribution in [0.25, 0.3) is 5.69 Å². The van der Waals surface area contributed by atoms with Crippen LogP contribution in [0.3, 0.4) is 0 Å². The molecule has 212 valence electrons. The van der Waals surface area contributed by atoms with E-state index >= 15 is 0 Å². The minimum Gasteiger partial charge on any atom is -0.497 e. The molecule has 0 N–H and O–H groups in total. The molecule has 2 aromatic heterocycles. The van der Waals surface area contributed by atoms with E-state index in [0.717, 1.165) is 17.1 Å². The van der Waals surface area contributed by atoms with Crippen LogP contribution in [0, 0.1) is 0 Å². The summed E-state index contributed by atoms with van der Waals surface area (Å²) in [5, 5.41) is 4.20. The van der Waals surface area contributed by atoms with Gasteiger partial charge in [0.15, 0.2) is 0 Å². The van der Waals surface area contributed by atoms with E-state index in [9.17, 15) is 0 Å². The number of nitrogens with zero attached hydrogens (tertiary/aromatic N) is 3. The molecule has 0 unspecified atom stereocenters. The highest BCUT2D eigenvalue weighted by Gasteiger charge is 2.15. The van der Waals surface area contributed by atoms with E-state index in [0.29, 0.717) is 11.8 Å². The number of rotatable bonds is 4. The van der Waals surface area contributed by atoms with Gasteiger partial charge in [0.05, 0.1) is 19.9 Å². The molecule has 0 aliphatic carbocycles. The van der Waals surface area contributed by atoms with Crippen molar-refractivity contribution in [2.24, 2.45) is 0 Å². The first kappa shape index (κ1) is 33.4. The van der Waals surface area contributed by atoms with Gasteiger partial charge in [0.25, 0.3) is 0 Å². The quantitative estimate of drug-likeness (QED) is 0.264. The third-order valence-electron chi connectivity index (χ3n) is 5.94. The number of hydrogen-bond acceptors (Lipinski definition) is 4. The summed E-state index contributed by atoms with van der Waals surface area (Å²) in [6.45, 7) is 17.4. The van der Waals surface area contributed by atoms with Crippen LogP contribution in [-0.2, 0) is 10.8 Å². The van der Waals surface area contributed by atoms with Crippen molar-refractivity contribution in [1.82, 2.24) is 14.8 Å². The van der Waals surface area contributed by atoms with E-state index in [1.807, 2.05) is 47.3 Å². The van der Waals surface area contributed by atoms with Crippen molar-refractivity contribution in [2.75, 3.05) is 14.2 Å². The van der Waals surface area contributed by atoms with Crippen LogP contribution in [0.5, 0.6) is 11.6 Å². The molecule has 2 aromatic carbocycles. The SMILES string of the molecule is C.CC(C)c1cccc(-n2cccn2)c1.COc1cccc(C(C)(C)C)c1.COc1cccc(C(C)(C)C)n1. The molecule has 5 heteroatoms. The van der Waals surface area contributed by atoms with E-state index in [4.69, 9.17) is 9.47 Å². The van der Waals surface area contributed by atoms with Crippen molar-refractivity contribution >= 4 is 0 Å². The third-order valence-corrected chi connectivity index (χ3v) is 5.94. The summed E-state index contributed by atoms with van der Waals surface area (Å²) in [4.78, 5) is 4.34. The first-order valence-electron chi connectivity index (χ1n) is 13.1. The van der Waals surface area contributed by atoms with Gasteiger partial charge in [-0.2, -0.15) is 5.10 Å². The number of pyridine rings is 1. The van der Waals surface area contributed by atoms with Crippen molar-refractivity contribution in [3.63, 3.8) is 0 Å². The third kappa shape index (κ3) is 11.0. The van der Waals surface area contributed by atoms with Crippen LogP contribution < -0.4 is 9.47 Å². The molecule has 4 rings (SSSR count). The molecule has 39 heavy (non-hydrogen) atoms. The molecule has 0 atom stereocenters. The van der Waals surface area contributed by atoms with E-state index in [-0.39, 0.29) is 18.3 Å². The minimum absolute atomic E-state index is 0. The molecule has 4 aromatic rings. The van der Waals surface area contributed by atoms with Crippen LogP contribution >= 0.6 is 0 Å². The lowest BCUT2D eigenvalue weighted by atomic mass is 9.87. The number of ether oxygens (including phenoxy) is 2. The predicted molar refractivity (Wildman–Crippen MR) is 166 cm³/mol. The number of benzene rings is 2. The molecule has 0 amide bonds. The number of aromatic nitrogens is 3. The molecular formula is C34H49N3O2. The second-order valence-electron chi connectivity index (χ2n) is 11.5. The lowest BCUT2D eigenvalue weighted by Crippen LogP contribution is -2.13. The molecule has 0 saturated heterocycles. The fourth-order valence-electron chi connectivity index (χ4n) is 3.48. The van der Waals surface area contributed by atoms with Gasteiger partial charge in [-0.3, -0.25) is 0 Å². The zero-order valence-corrected chi connectivity index (χ0v) is 24.8. The maximum Gasteiger partial charge on any atom is 0.213 e. The van der Waals surface area contributed by atoms with Crippen LogP contribution in [0.4, 0.5) is 0 Å². The Labute approximate surface area is 237 Å². The molecule has 2 heterocycles. The smallest absolute Gasteiger partial charge is 0.213 e. The summed E-state index contributed by atoms with van der Waals surface area (Å²) >= 11 is 0. The first-order valence-corrected chi connectivity index (χ1v) is 13.1. The molecular weight excluding hydrogens is 482 g/mol. The second-order valence-corrected chi connectivity index (χ2v) is 11.5. The lowest BCUT2D eigenvalue weighted by Gasteiger charge is -2.19. The van der Waals surface area contributed by atoms with Gasteiger partial charge in [-0.15, -0.1) is 0 Å². The van der Waals surface area contributed by atoms with Crippen molar-refractivity contribution < 1.29 is 9.47 Å². The number of hydrogen-bond donors (Lipinski definition) is 0. The van der Waals surface area contributed by atoms with Crippen molar-refractivity contribution in [2.45, 2.75) is 79.6 Å². The fraction of sp³-hybridized carbons (Fsp3) is 0.412. The molecule has 0 radical (unpaired) electrons. The average molecular weight is 532 g/mol. The maximum atomic E-state index is 5.15. The van der Waals surface area contributed by atoms with Gasteiger partial charge in [-0.05, 0) is 58.9 Å². The van der Waals surface area contributed by atoms with Gasteiger partial charge >= 0.3 is 0 Å². The van der Waals surface area contributed by atoms with Crippen LogP contribution in [0.1, 0.15) is 85.6 Å². The first-order chi connectivity index (χ1) is 17.8. The zero-order valence-electron chi connectivity index (χ0n) is 24.8. The molecule has 5 nitrogen and oxygen atoms in total. The Hall–Kier alpha value is -3.60. The summed E-state index contributed by atoms with van der Waals surface area (Å²) in [5.74, 6) is 2.18. The monoisotopic (exact) mass is 531 g/mol. The molecule has 0 aliphatic rings. The zero-order chi connectivity index (χ0) is 28.3. The van der Waals surface area contributed by atoms with Gasteiger partial charge in [-0.1, -0.05) is 93.1 Å². The Bertz CT molecular complexity index is 1180. The largest absolute Gasteiger partial charge is 0.497 e. The Kier molecular flexibility index (Phi) is 12.9. The summed E-state index contributed by atoms with van der Waals surface area (Å²) in [6.07, 6.45) is 3.75. The highest BCUT2D eigenvalue weighted by molar-refractivity contribution is 5.36. The minimum atomic E-state index is 0. The molecule has 0 aliphatic heterocycles. The highest BCUT2D eigenvalue weighted by atomic mass is 16.5. The summed E-state index contributed by atoms with van der Waals surface area (Å²) in [7, 11) is 3.33. The maximum absolute atomic E-state index is 5.15. The van der Waals surface area contributed by atoms with Crippen LogP contribution in [0.15, 0.2) is 85.2 Å². The molecule has 0 bridgehead atoms. The van der Waals surface area contributed by atoms with E-state index in [2.05, 4.69) is 102 Å². The standard InChI is InChI=1S/C12H14N2.C11H16O.C10H15NO.CH4/c1-10(2)11-5-3-6-12(9-11)14-8-4-7-13-14;1-11(2,3)9-6-5-7-10(8-9)12-4;1-10(2,3)8-6-5-7-9(11-8)12-4;/h3-10H,1-2H3;5-8H,1-4H3;5-7H,1-4H3;1H4. The van der Waals surface area contributed by atoms with Gasteiger partial charge in [0.1, 0.15) is 5.75 Å². The van der Waals surface area contributed by atoms with E-state index in [1.54, 1.807) is 20.4 Å². The summed E-state index contributed by atoms with van der Waals surface area (Å²) in [6, 6.07) is 24.4. The van der Waals surface area contributed by atoms with Gasteiger partial charge in [0.2, 0.25) is 5.88 Å². The van der Waals surface area contributed by atoms with Gasteiger partial charge < -0.3 is 9.47 Å².